The number of hydrogen-bond acceptors (Lipinski definition) is 5. The van der Waals surface area contributed by atoms with E-state index in [1.807, 2.05) is 37.5 Å². The molecule has 1 atom stereocenters. The van der Waals surface area contributed by atoms with Gasteiger partial charge >= 0.3 is 0 Å². The van der Waals surface area contributed by atoms with Crippen LogP contribution in [0.2, 0.25) is 0 Å². The van der Waals surface area contributed by atoms with Crippen molar-refractivity contribution in [3.05, 3.63) is 69.7 Å². The maximum Gasteiger partial charge on any atom is 0.251 e. The number of nitrogens with one attached hydrogen (secondary N) is 2. The summed E-state index contributed by atoms with van der Waals surface area (Å²) in [6, 6.07) is 11.4. The number of nitrogens with zero attached hydrogens (tertiary/aromatic N) is 3. The predicted molar refractivity (Wildman–Crippen MR) is 126 cm³/mol. The smallest absolute Gasteiger partial charge is 0.251 e. The second kappa shape index (κ2) is 10.7. The van der Waals surface area contributed by atoms with Gasteiger partial charge in [0.25, 0.3) is 5.91 Å². The predicted octanol–water partition coefficient (Wildman–Crippen LogP) is 4.73. The fourth-order valence-corrected chi connectivity index (χ4v) is 4.12. The molecule has 0 aliphatic heterocycles. The third-order valence-corrected chi connectivity index (χ3v) is 6.11. The first-order valence-electron chi connectivity index (χ1n) is 9.96. The van der Waals surface area contributed by atoms with Crippen molar-refractivity contribution in [1.29, 1.82) is 0 Å². The van der Waals surface area contributed by atoms with Crippen molar-refractivity contribution in [2.24, 2.45) is 0 Å². The van der Waals surface area contributed by atoms with Gasteiger partial charge in [0.2, 0.25) is 5.91 Å². The topological polar surface area (TPSA) is 88.9 Å². The van der Waals surface area contributed by atoms with Crippen molar-refractivity contribution in [3.8, 4) is 0 Å². The number of carbonyl (C=O) groups is 2. The summed E-state index contributed by atoms with van der Waals surface area (Å²) in [6.45, 7) is 6.30. The van der Waals surface area contributed by atoms with Crippen molar-refractivity contribution in [2.45, 2.75) is 38.5 Å². The van der Waals surface area contributed by atoms with E-state index in [1.165, 1.54) is 23.9 Å². The molecule has 2 N–H and O–H groups in total. The van der Waals surface area contributed by atoms with Crippen LogP contribution in [-0.4, -0.2) is 32.3 Å². The molecule has 3 rings (SSSR count). The molecule has 7 nitrogen and oxygen atoms in total. The molecule has 2 aromatic carbocycles. The monoisotopic (exact) mass is 519 g/mol. The zero-order valence-electron chi connectivity index (χ0n) is 17.9. The standard InChI is InChI=1S/C22H23BrFN5O2S/c1-4-29-20(14(3)25-21(31)15-7-5-13(2)6-8-15)27-28-22(29)32-12-19(30)26-18-10-9-16(23)11-17(18)24/h5-11,14H,4,12H2,1-3H3,(H,25,31)(H,26,30)/t14-/m1/s1. The third kappa shape index (κ3) is 5.95. The van der Waals surface area contributed by atoms with Crippen molar-refractivity contribution < 1.29 is 14.0 Å². The van der Waals surface area contributed by atoms with E-state index >= 15 is 0 Å². The molecular weight excluding hydrogens is 497 g/mol. The molecule has 3 aromatic rings. The summed E-state index contributed by atoms with van der Waals surface area (Å²) in [4.78, 5) is 24.8. The molecule has 0 saturated heterocycles. The minimum absolute atomic E-state index is 0.0394. The van der Waals surface area contributed by atoms with Gasteiger partial charge in [0, 0.05) is 16.6 Å². The highest BCUT2D eigenvalue weighted by molar-refractivity contribution is 9.10. The molecule has 0 aliphatic carbocycles. The minimum Gasteiger partial charge on any atom is -0.342 e. The van der Waals surface area contributed by atoms with Crippen LogP contribution in [0.15, 0.2) is 52.1 Å². The van der Waals surface area contributed by atoms with Crippen LogP contribution in [-0.2, 0) is 11.3 Å². The van der Waals surface area contributed by atoms with Crippen LogP contribution in [0, 0.1) is 12.7 Å². The van der Waals surface area contributed by atoms with Gasteiger partial charge in [0.05, 0.1) is 17.5 Å². The second-order valence-corrected chi connectivity index (χ2v) is 8.97. The fraction of sp³-hybridized carbons (Fsp3) is 0.273. The summed E-state index contributed by atoms with van der Waals surface area (Å²) in [5.74, 6) is -0.445. The Kier molecular flexibility index (Phi) is 8.03. The fourth-order valence-electron chi connectivity index (χ4n) is 2.98. The number of aromatic nitrogens is 3. The van der Waals surface area contributed by atoms with Crippen LogP contribution < -0.4 is 10.6 Å². The second-order valence-electron chi connectivity index (χ2n) is 7.11. The van der Waals surface area contributed by atoms with Gasteiger partial charge in [-0.05, 0) is 51.1 Å². The summed E-state index contributed by atoms with van der Waals surface area (Å²) in [5, 5.41) is 14.4. The van der Waals surface area contributed by atoms with E-state index in [9.17, 15) is 14.0 Å². The van der Waals surface area contributed by atoms with E-state index in [1.54, 1.807) is 18.2 Å². The molecule has 2 amide bonds. The Morgan fingerprint density at radius 2 is 1.91 bits per heavy atom. The number of rotatable bonds is 8. The Labute approximate surface area is 198 Å². The summed E-state index contributed by atoms with van der Waals surface area (Å²) in [7, 11) is 0. The van der Waals surface area contributed by atoms with Gasteiger partial charge in [-0.25, -0.2) is 4.39 Å². The highest BCUT2D eigenvalue weighted by Gasteiger charge is 2.20. The Morgan fingerprint density at radius 1 is 1.19 bits per heavy atom. The normalized spacial score (nSPS) is 11.8. The van der Waals surface area contributed by atoms with E-state index in [-0.39, 0.29) is 29.3 Å². The van der Waals surface area contributed by atoms with Crippen molar-refractivity contribution >= 4 is 45.2 Å². The van der Waals surface area contributed by atoms with Gasteiger partial charge in [0.15, 0.2) is 11.0 Å². The van der Waals surface area contributed by atoms with E-state index in [0.29, 0.717) is 27.6 Å². The lowest BCUT2D eigenvalue weighted by molar-refractivity contribution is -0.113. The van der Waals surface area contributed by atoms with Crippen LogP contribution in [0.1, 0.15) is 41.6 Å². The van der Waals surface area contributed by atoms with E-state index in [0.717, 1.165) is 5.56 Å². The molecule has 0 aliphatic rings. The van der Waals surface area contributed by atoms with Gasteiger partial charge in [-0.15, -0.1) is 10.2 Å². The average molecular weight is 520 g/mol. The number of benzene rings is 2. The maximum atomic E-state index is 13.9. The van der Waals surface area contributed by atoms with Gasteiger partial charge in [-0.3, -0.25) is 9.59 Å². The number of carbonyl (C=O) groups excluding carboxylic acids is 2. The number of amides is 2. The van der Waals surface area contributed by atoms with Gasteiger partial charge in [0.1, 0.15) is 5.82 Å². The van der Waals surface area contributed by atoms with Crippen molar-refractivity contribution in [3.63, 3.8) is 0 Å². The molecule has 32 heavy (non-hydrogen) atoms. The van der Waals surface area contributed by atoms with E-state index in [4.69, 9.17) is 0 Å². The Hall–Kier alpha value is -2.72. The van der Waals surface area contributed by atoms with Crippen LogP contribution in [0.5, 0.6) is 0 Å². The zero-order valence-corrected chi connectivity index (χ0v) is 20.3. The van der Waals surface area contributed by atoms with Gasteiger partial charge in [-0.1, -0.05) is 45.4 Å². The van der Waals surface area contributed by atoms with Crippen molar-refractivity contribution in [2.75, 3.05) is 11.1 Å². The van der Waals surface area contributed by atoms with E-state index < -0.39 is 5.82 Å². The average Bonchev–Trinajstić information content (AvgIpc) is 3.17. The molecule has 0 fully saturated rings. The number of aryl methyl sites for hydroxylation is 1. The molecule has 0 unspecified atom stereocenters. The number of halogens is 2. The number of thioether (sulfide) groups is 1. The first kappa shape index (κ1) is 23.9. The molecule has 0 spiro atoms. The van der Waals surface area contributed by atoms with Gasteiger partial charge in [-0.2, -0.15) is 0 Å². The maximum absolute atomic E-state index is 13.9. The third-order valence-electron chi connectivity index (χ3n) is 4.65. The molecule has 1 heterocycles. The quantitative estimate of drug-likeness (QED) is 0.420. The van der Waals surface area contributed by atoms with Crippen LogP contribution in [0.4, 0.5) is 10.1 Å². The highest BCUT2D eigenvalue weighted by atomic mass is 79.9. The molecule has 0 saturated carbocycles. The van der Waals surface area contributed by atoms with Crippen LogP contribution in [0.25, 0.3) is 0 Å². The van der Waals surface area contributed by atoms with Crippen LogP contribution >= 0.6 is 27.7 Å². The molecule has 0 radical (unpaired) electrons. The first-order chi connectivity index (χ1) is 15.3. The summed E-state index contributed by atoms with van der Waals surface area (Å²) in [5.41, 5.74) is 1.76. The molecular formula is C22H23BrFN5O2S. The molecule has 168 valence electrons. The Morgan fingerprint density at radius 3 is 2.56 bits per heavy atom. The Balaban J connectivity index is 1.62. The molecule has 10 heteroatoms. The number of anilines is 1. The summed E-state index contributed by atoms with van der Waals surface area (Å²) < 4.78 is 16.4. The van der Waals surface area contributed by atoms with Crippen LogP contribution in [0.3, 0.4) is 0 Å². The lowest BCUT2D eigenvalue weighted by Crippen LogP contribution is -2.28. The Bertz CT molecular complexity index is 1120. The lowest BCUT2D eigenvalue weighted by atomic mass is 10.1. The SMILES string of the molecule is CCn1c(SCC(=O)Nc2ccc(Br)cc2F)nnc1[C@@H](C)NC(=O)c1ccc(C)cc1. The zero-order chi connectivity index (χ0) is 23.3. The summed E-state index contributed by atoms with van der Waals surface area (Å²) >= 11 is 4.38. The molecule has 1 aromatic heterocycles. The lowest BCUT2D eigenvalue weighted by Gasteiger charge is -2.15. The number of hydrogen-bond donors (Lipinski definition) is 2. The minimum atomic E-state index is -0.519. The molecule has 0 bridgehead atoms. The highest BCUT2D eigenvalue weighted by Crippen LogP contribution is 2.23. The summed E-state index contributed by atoms with van der Waals surface area (Å²) in [6.07, 6.45) is 0. The van der Waals surface area contributed by atoms with E-state index in [2.05, 4.69) is 36.8 Å². The van der Waals surface area contributed by atoms with Gasteiger partial charge < -0.3 is 15.2 Å². The largest absolute Gasteiger partial charge is 0.342 e. The van der Waals surface area contributed by atoms with Crippen molar-refractivity contribution in [1.82, 2.24) is 20.1 Å². The first-order valence-corrected chi connectivity index (χ1v) is 11.7.